The van der Waals surface area contributed by atoms with Crippen LogP contribution in [0.15, 0.2) is 35.7 Å². The summed E-state index contributed by atoms with van der Waals surface area (Å²) in [5.74, 6) is 0. The normalized spacial score (nSPS) is 10.3. The van der Waals surface area contributed by atoms with Gasteiger partial charge in [0.1, 0.15) is 0 Å². The van der Waals surface area contributed by atoms with Crippen LogP contribution in [0.4, 0.5) is 0 Å². The molecule has 2 rings (SSSR count). The number of hydrogen-bond donors (Lipinski definition) is 0. The monoisotopic (exact) mass is 216 g/mol. The lowest BCUT2D eigenvalue weighted by molar-refractivity contribution is 0.970. The van der Waals surface area contributed by atoms with Gasteiger partial charge < -0.3 is 0 Å². The quantitative estimate of drug-likeness (QED) is 0.571. The maximum absolute atomic E-state index is 4.30. The number of thioether (sulfide) groups is 1. The Morgan fingerprint density at radius 3 is 2.53 bits per heavy atom. The van der Waals surface area contributed by atoms with E-state index in [4.69, 9.17) is 0 Å². The molecule has 0 saturated carbocycles. The van der Waals surface area contributed by atoms with Crippen LogP contribution < -0.4 is 0 Å². The zero-order chi connectivity index (χ0) is 10.7. The first-order valence-electron chi connectivity index (χ1n) is 4.45. The van der Waals surface area contributed by atoms with Gasteiger partial charge in [0, 0.05) is 23.7 Å². The molecular weight excluding hydrogens is 206 g/mol. The molecule has 0 N–H and O–H groups in total. The lowest BCUT2D eigenvalue weighted by Crippen LogP contribution is -1.90. The van der Waals surface area contributed by atoms with Crippen molar-refractivity contribution in [3.8, 4) is 11.3 Å². The zero-order valence-corrected chi connectivity index (χ0v) is 9.16. The average Bonchev–Trinajstić information content (AvgIpc) is 2.29. The molecule has 0 saturated heterocycles. The van der Waals surface area contributed by atoms with E-state index in [2.05, 4.69) is 21.9 Å². The molecule has 2 aromatic heterocycles. The van der Waals surface area contributed by atoms with Crippen LogP contribution in [0, 0.1) is 6.92 Å². The highest BCUT2D eigenvalue weighted by Crippen LogP contribution is 2.16. The highest BCUT2D eigenvalue weighted by molar-refractivity contribution is 7.98. The fourth-order valence-corrected chi connectivity index (χ4v) is 1.51. The minimum absolute atomic E-state index is 0.751. The summed E-state index contributed by atoms with van der Waals surface area (Å²) >= 11 is 1.52. The topological polar surface area (TPSA) is 38.7 Å². The van der Waals surface area contributed by atoms with Gasteiger partial charge in [-0.15, -0.1) is 0 Å². The smallest absolute Gasteiger partial charge is 0.187 e. The fourth-order valence-electron chi connectivity index (χ4n) is 1.19. The van der Waals surface area contributed by atoms with Gasteiger partial charge in [-0.1, -0.05) is 17.8 Å². The third-order valence-corrected chi connectivity index (χ3v) is 2.49. The van der Waals surface area contributed by atoms with E-state index in [1.165, 1.54) is 11.8 Å². The van der Waals surface area contributed by atoms with Crippen LogP contribution in [0.5, 0.6) is 0 Å². The van der Waals surface area contributed by atoms with E-state index in [0.717, 1.165) is 22.1 Å². The van der Waals surface area contributed by atoms with Crippen LogP contribution in [0.25, 0.3) is 11.3 Å². The predicted octanol–water partition coefficient (Wildman–Crippen LogP) is 2.44. The highest BCUT2D eigenvalue weighted by atomic mass is 32.2. The Hall–Kier alpha value is -1.42. The van der Waals surface area contributed by atoms with Crippen molar-refractivity contribution in [2.75, 3.05) is 6.26 Å². The van der Waals surface area contributed by atoms with Crippen LogP contribution in [-0.2, 0) is 0 Å². The first-order chi connectivity index (χ1) is 7.29. The van der Waals surface area contributed by atoms with Crippen LogP contribution >= 0.6 is 11.8 Å². The lowest BCUT2D eigenvalue weighted by Gasteiger charge is -2.01. The molecule has 0 aliphatic heterocycles. The van der Waals surface area contributed by atoms with Crippen LogP contribution in [0.3, 0.4) is 0 Å². The minimum Gasteiger partial charge on any atom is -0.253 e. The molecular formula is C11H10N3S. The number of hydrogen-bond acceptors (Lipinski definition) is 4. The van der Waals surface area contributed by atoms with Crippen molar-refractivity contribution >= 4 is 11.8 Å². The van der Waals surface area contributed by atoms with Gasteiger partial charge >= 0.3 is 0 Å². The summed E-state index contributed by atoms with van der Waals surface area (Å²) in [7, 11) is 0. The fraction of sp³-hybridized carbons (Fsp3) is 0.0909. The first kappa shape index (κ1) is 10.1. The maximum atomic E-state index is 4.30. The number of aromatic nitrogens is 3. The summed E-state index contributed by atoms with van der Waals surface area (Å²) in [5.41, 5.74) is 2.52. The van der Waals surface area contributed by atoms with Crippen molar-refractivity contribution in [1.29, 1.82) is 0 Å². The second kappa shape index (κ2) is 4.40. The molecule has 0 aliphatic rings. The summed E-state index contributed by atoms with van der Waals surface area (Å²) in [6.07, 6.45) is 5.51. The SMILES string of the molecule is [CH2]c1cccc(-c2cnc(SC)nc2)n1. The molecule has 0 amide bonds. The molecule has 4 heteroatoms. The largest absolute Gasteiger partial charge is 0.253 e. The van der Waals surface area contributed by atoms with Gasteiger partial charge in [0.2, 0.25) is 0 Å². The zero-order valence-electron chi connectivity index (χ0n) is 8.34. The van der Waals surface area contributed by atoms with E-state index in [1.54, 1.807) is 12.4 Å². The van der Waals surface area contributed by atoms with Crippen LogP contribution in [0.2, 0.25) is 0 Å². The number of rotatable bonds is 2. The Morgan fingerprint density at radius 2 is 1.93 bits per heavy atom. The Labute approximate surface area is 93.0 Å². The lowest BCUT2D eigenvalue weighted by atomic mass is 10.2. The minimum atomic E-state index is 0.751. The molecule has 0 unspecified atom stereocenters. The van der Waals surface area contributed by atoms with Gasteiger partial charge in [0.25, 0.3) is 0 Å². The summed E-state index contributed by atoms with van der Waals surface area (Å²) in [5, 5.41) is 0.768. The molecule has 0 bridgehead atoms. The van der Waals surface area contributed by atoms with E-state index in [0.29, 0.717) is 0 Å². The Kier molecular flexibility index (Phi) is 2.97. The second-order valence-electron chi connectivity index (χ2n) is 2.97. The van der Waals surface area contributed by atoms with Crippen molar-refractivity contribution in [3.63, 3.8) is 0 Å². The van der Waals surface area contributed by atoms with E-state index >= 15 is 0 Å². The molecule has 0 aliphatic carbocycles. The second-order valence-corrected chi connectivity index (χ2v) is 3.75. The average molecular weight is 216 g/mol. The summed E-state index contributed by atoms with van der Waals surface area (Å²) < 4.78 is 0. The number of pyridine rings is 1. The molecule has 0 atom stereocenters. The molecule has 0 aromatic carbocycles. The Bertz CT molecular complexity index is 454. The van der Waals surface area contributed by atoms with Crippen LogP contribution in [0.1, 0.15) is 5.69 Å². The van der Waals surface area contributed by atoms with Crippen molar-refractivity contribution in [2.24, 2.45) is 0 Å². The number of nitrogens with zero attached hydrogens (tertiary/aromatic N) is 3. The van der Waals surface area contributed by atoms with Gasteiger partial charge in [-0.2, -0.15) is 0 Å². The van der Waals surface area contributed by atoms with E-state index in [-0.39, 0.29) is 0 Å². The predicted molar refractivity (Wildman–Crippen MR) is 61.5 cm³/mol. The van der Waals surface area contributed by atoms with Gasteiger partial charge in [-0.25, -0.2) is 9.97 Å². The summed E-state index contributed by atoms with van der Waals surface area (Å²) in [4.78, 5) is 12.7. The van der Waals surface area contributed by atoms with E-state index in [9.17, 15) is 0 Å². The van der Waals surface area contributed by atoms with E-state index < -0.39 is 0 Å². The molecule has 0 fully saturated rings. The van der Waals surface area contributed by atoms with Gasteiger partial charge in [-0.3, -0.25) is 4.98 Å². The van der Waals surface area contributed by atoms with Gasteiger partial charge in [0.05, 0.1) is 5.69 Å². The molecule has 1 radical (unpaired) electrons. The maximum Gasteiger partial charge on any atom is 0.187 e. The Balaban J connectivity index is 2.37. The first-order valence-corrected chi connectivity index (χ1v) is 5.67. The standard InChI is InChI=1S/C11H10N3S/c1-8-4-3-5-10(14-8)9-6-12-11(15-2)13-7-9/h3-7H,1H2,2H3. The molecule has 15 heavy (non-hydrogen) atoms. The highest BCUT2D eigenvalue weighted by Gasteiger charge is 2.00. The van der Waals surface area contributed by atoms with Crippen molar-refractivity contribution in [3.05, 3.63) is 43.2 Å². The molecule has 75 valence electrons. The molecule has 3 nitrogen and oxygen atoms in total. The molecule has 2 heterocycles. The van der Waals surface area contributed by atoms with Crippen molar-refractivity contribution in [2.45, 2.75) is 5.16 Å². The van der Waals surface area contributed by atoms with Gasteiger partial charge in [0.15, 0.2) is 5.16 Å². The van der Waals surface area contributed by atoms with E-state index in [1.807, 2.05) is 24.5 Å². The molecule has 2 aromatic rings. The Morgan fingerprint density at radius 1 is 1.20 bits per heavy atom. The third kappa shape index (κ3) is 2.33. The van der Waals surface area contributed by atoms with Gasteiger partial charge in [-0.05, 0) is 25.3 Å². The van der Waals surface area contributed by atoms with Crippen molar-refractivity contribution < 1.29 is 0 Å². The third-order valence-electron chi connectivity index (χ3n) is 1.91. The van der Waals surface area contributed by atoms with Crippen LogP contribution in [-0.4, -0.2) is 21.2 Å². The molecule has 0 spiro atoms. The summed E-state index contributed by atoms with van der Waals surface area (Å²) in [6.45, 7) is 3.78. The van der Waals surface area contributed by atoms with Crippen molar-refractivity contribution in [1.82, 2.24) is 15.0 Å². The summed E-state index contributed by atoms with van der Waals surface area (Å²) in [6, 6.07) is 5.71.